The maximum Gasteiger partial charge on any atom is 0.272 e. The van der Waals surface area contributed by atoms with Gasteiger partial charge in [0.15, 0.2) is 0 Å². The first-order chi connectivity index (χ1) is 16.1. The lowest BCUT2D eigenvalue weighted by molar-refractivity contribution is -0.116. The summed E-state index contributed by atoms with van der Waals surface area (Å²) in [5.41, 5.74) is 4.20. The molecule has 33 heavy (non-hydrogen) atoms. The van der Waals surface area contributed by atoms with E-state index in [0.29, 0.717) is 17.9 Å². The standard InChI is InChI=1S/C24H22N6O3/c1-14-22-19(16-5-4-6-18(11-16)33-3)12-21(31)27-23(22)30(29-14)24-26-20(13-25-28-24)15-7-9-17(32-2)10-8-15/h4-11,13,19H,12H2,1-3H3,(H,27,31). The zero-order chi connectivity index (χ0) is 22.9. The highest BCUT2D eigenvalue weighted by atomic mass is 16.5. The van der Waals surface area contributed by atoms with Gasteiger partial charge in [0.2, 0.25) is 5.91 Å². The Bertz CT molecular complexity index is 1330. The highest BCUT2D eigenvalue weighted by Crippen LogP contribution is 2.40. The van der Waals surface area contributed by atoms with Gasteiger partial charge >= 0.3 is 0 Å². The van der Waals surface area contributed by atoms with Crippen molar-refractivity contribution >= 4 is 11.7 Å². The normalized spacial score (nSPS) is 15.0. The number of aromatic nitrogens is 5. The topological polar surface area (TPSA) is 104 Å². The number of anilines is 1. The van der Waals surface area contributed by atoms with Crippen molar-refractivity contribution in [2.45, 2.75) is 19.3 Å². The molecule has 2 aromatic heterocycles. The van der Waals surface area contributed by atoms with Crippen LogP contribution in [0.25, 0.3) is 17.2 Å². The summed E-state index contributed by atoms with van der Waals surface area (Å²) in [6.45, 7) is 1.92. The van der Waals surface area contributed by atoms with Gasteiger partial charge in [-0.05, 0) is 48.9 Å². The Morgan fingerprint density at radius 3 is 2.61 bits per heavy atom. The number of carbonyl (C=O) groups excluding carboxylic acids is 1. The number of hydrogen-bond donors (Lipinski definition) is 1. The first-order valence-electron chi connectivity index (χ1n) is 10.4. The summed E-state index contributed by atoms with van der Waals surface area (Å²) in [5.74, 6) is 2.07. The van der Waals surface area contributed by atoms with Gasteiger partial charge < -0.3 is 14.8 Å². The summed E-state index contributed by atoms with van der Waals surface area (Å²) in [7, 11) is 3.25. The number of fused-ring (bicyclic) bond motifs is 1. The monoisotopic (exact) mass is 442 g/mol. The van der Waals surface area contributed by atoms with E-state index >= 15 is 0 Å². The van der Waals surface area contributed by atoms with Crippen LogP contribution in [0.1, 0.15) is 29.2 Å². The third kappa shape index (κ3) is 3.78. The zero-order valence-electron chi connectivity index (χ0n) is 18.4. The molecule has 9 heteroatoms. The Kier molecular flexibility index (Phi) is 5.21. The van der Waals surface area contributed by atoms with Gasteiger partial charge in [0.05, 0.1) is 31.8 Å². The Morgan fingerprint density at radius 2 is 1.85 bits per heavy atom. The fraction of sp³-hybridized carbons (Fsp3) is 0.208. The van der Waals surface area contributed by atoms with Crippen LogP contribution in [-0.4, -0.2) is 45.1 Å². The smallest absolute Gasteiger partial charge is 0.272 e. The molecule has 2 aromatic carbocycles. The minimum Gasteiger partial charge on any atom is -0.497 e. The van der Waals surface area contributed by atoms with E-state index in [1.54, 1.807) is 25.1 Å². The van der Waals surface area contributed by atoms with E-state index < -0.39 is 0 Å². The van der Waals surface area contributed by atoms with Crippen molar-refractivity contribution in [1.82, 2.24) is 25.0 Å². The number of methoxy groups -OCH3 is 2. The summed E-state index contributed by atoms with van der Waals surface area (Å²) in [6, 6.07) is 15.3. The van der Waals surface area contributed by atoms with Crippen LogP contribution in [-0.2, 0) is 4.79 Å². The van der Waals surface area contributed by atoms with Crippen molar-refractivity contribution in [3.05, 3.63) is 71.5 Å². The van der Waals surface area contributed by atoms with E-state index in [0.717, 1.165) is 33.9 Å². The molecule has 0 saturated carbocycles. The summed E-state index contributed by atoms with van der Waals surface area (Å²) >= 11 is 0. The van der Waals surface area contributed by atoms with Gasteiger partial charge in [0.25, 0.3) is 5.95 Å². The number of amides is 1. The Morgan fingerprint density at radius 1 is 1.06 bits per heavy atom. The van der Waals surface area contributed by atoms with Crippen LogP contribution in [0.3, 0.4) is 0 Å². The van der Waals surface area contributed by atoms with Gasteiger partial charge in [-0.3, -0.25) is 4.79 Å². The molecule has 9 nitrogen and oxygen atoms in total. The largest absolute Gasteiger partial charge is 0.497 e. The molecule has 0 spiro atoms. The summed E-state index contributed by atoms with van der Waals surface area (Å²) in [5, 5.41) is 15.9. The van der Waals surface area contributed by atoms with Crippen molar-refractivity contribution < 1.29 is 14.3 Å². The van der Waals surface area contributed by atoms with Gasteiger partial charge in [-0.1, -0.05) is 12.1 Å². The van der Waals surface area contributed by atoms with Crippen LogP contribution in [0.2, 0.25) is 0 Å². The SMILES string of the molecule is COc1ccc(-c2cnnc(-n3nc(C)c4c3NC(=O)CC4c3cccc(OC)c3)n2)cc1. The lowest BCUT2D eigenvalue weighted by Gasteiger charge is -2.24. The second kappa shape index (κ2) is 8.34. The van der Waals surface area contributed by atoms with Crippen LogP contribution in [0.15, 0.2) is 54.7 Å². The lowest BCUT2D eigenvalue weighted by atomic mass is 9.86. The average Bonchev–Trinajstić information content (AvgIpc) is 3.19. The molecule has 5 rings (SSSR count). The molecule has 1 aliphatic heterocycles. The molecule has 166 valence electrons. The number of nitrogens with one attached hydrogen (secondary N) is 1. The highest BCUT2D eigenvalue weighted by Gasteiger charge is 2.33. The molecule has 0 bridgehead atoms. The number of benzene rings is 2. The highest BCUT2D eigenvalue weighted by molar-refractivity contribution is 5.95. The van der Waals surface area contributed by atoms with E-state index in [-0.39, 0.29) is 17.8 Å². The van der Waals surface area contributed by atoms with Gasteiger partial charge in [-0.2, -0.15) is 14.9 Å². The Hall–Kier alpha value is -4.27. The predicted molar refractivity (Wildman–Crippen MR) is 122 cm³/mol. The third-order valence-corrected chi connectivity index (χ3v) is 5.72. The van der Waals surface area contributed by atoms with Gasteiger partial charge in [0.1, 0.15) is 17.3 Å². The Labute approximate surface area is 190 Å². The minimum absolute atomic E-state index is 0.101. The fourth-order valence-corrected chi connectivity index (χ4v) is 4.12. The van der Waals surface area contributed by atoms with Crippen LogP contribution < -0.4 is 14.8 Å². The summed E-state index contributed by atoms with van der Waals surface area (Å²) in [4.78, 5) is 17.3. The number of aryl methyl sites for hydroxylation is 1. The van der Waals surface area contributed by atoms with Crippen LogP contribution in [0.5, 0.6) is 11.5 Å². The molecule has 1 aliphatic rings. The maximum absolute atomic E-state index is 12.7. The first-order valence-corrected chi connectivity index (χ1v) is 10.4. The molecule has 0 aliphatic carbocycles. The number of rotatable bonds is 5. The molecule has 0 radical (unpaired) electrons. The number of ether oxygens (including phenoxy) is 2. The van der Waals surface area contributed by atoms with Crippen LogP contribution in [0, 0.1) is 6.92 Å². The molecule has 1 N–H and O–H groups in total. The van der Waals surface area contributed by atoms with Gasteiger partial charge in [-0.25, -0.2) is 4.98 Å². The van der Waals surface area contributed by atoms with Gasteiger partial charge in [-0.15, -0.1) is 5.10 Å². The van der Waals surface area contributed by atoms with E-state index in [9.17, 15) is 4.79 Å². The molecule has 4 aromatic rings. The zero-order valence-corrected chi connectivity index (χ0v) is 18.4. The molecule has 1 amide bonds. The average molecular weight is 442 g/mol. The van der Waals surface area contributed by atoms with E-state index in [1.165, 1.54) is 0 Å². The molecule has 1 unspecified atom stereocenters. The maximum atomic E-state index is 12.7. The summed E-state index contributed by atoms with van der Waals surface area (Å²) in [6.07, 6.45) is 1.91. The van der Waals surface area contributed by atoms with Crippen LogP contribution >= 0.6 is 0 Å². The number of nitrogens with zero attached hydrogens (tertiary/aromatic N) is 5. The second-order valence-corrected chi connectivity index (χ2v) is 7.71. The summed E-state index contributed by atoms with van der Waals surface area (Å²) < 4.78 is 12.2. The number of hydrogen-bond acceptors (Lipinski definition) is 7. The van der Waals surface area contributed by atoms with E-state index in [2.05, 4.69) is 25.6 Å². The van der Waals surface area contributed by atoms with E-state index in [4.69, 9.17) is 9.47 Å². The Balaban J connectivity index is 1.58. The molecule has 1 atom stereocenters. The van der Waals surface area contributed by atoms with Crippen molar-refractivity contribution in [3.63, 3.8) is 0 Å². The first kappa shape index (κ1) is 20.6. The van der Waals surface area contributed by atoms with Crippen molar-refractivity contribution in [3.8, 4) is 28.7 Å². The quantitative estimate of drug-likeness (QED) is 0.504. The second-order valence-electron chi connectivity index (χ2n) is 7.71. The third-order valence-electron chi connectivity index (χ3n) is 5.72. The van der Waals surface area contributed by atoms with Crippen LogP contribution in [0.4, 0.5) is 5.82 Å². The molecule has 0 fully saturated rings. The number of carbonyl (C=O) groups is 1. The van der Waals surface area contributed by atoms with E-state index in [1.807, 2.05) is 55.5 Å². The van der Waals surface area contributed by atoms with Crippen molar-refractivity contribution in [2.24, 2.45) is 0 Å². The predicted octanol–water partition coefficient (Wildman–Crippen LogP) is 3.52. The molecule has 3 heterocycles. The molecule has 0 saturated heterocycles. The minimum atomic E-state index is -0.157. The lowest BCUT2D eigenvalue weighted by Crippen LogP contribution is -2.25. The fourth-order valence-electron chi connectivity index (χ4n) is 4.12. The van der Waals surface area contributed by atoms with Gasteiger partial charge in [0, 0.05) is 23.5 Å². The van der Waals surface area contributed by atoms with Crippen molar-refractivity contribution in [2.75, 3.05) is 19.5 Å². The molecular weight excluding hydrogens is 420 g/mol. The molecular formula is C24H22N6O3. The van der Waals surface area contributed by atoms with Crippen molar-refractivity contribution in [1.29, 1.82) is 0 Å².